The van der Waals surface area contributed by atoms with E-state index in [-0.39, 0.29) is 11.8 Å². The molecule has 2 heterocycles. The van der Waals surface area contributed by atoms with E-state index in [1.807, 2.05) is 53.2 Å². The summed E-state index contributed by atoms with van der Waals surface area (Å²) in [6, 6.07) is 21.7. The predicted molar refractivity (Wildman–Crippen MR) is 135 cm³/mol. The fourth-order valence-corrected chi connectivity index (χ4v) is 4.11. The molecule has 8 heteroatoms. The summed E-state index contributed by atoms with van der Waals surface area (Å²) < 4.78 is 5.12. The average molecular weight is 469 g/mol. The van der Waals surface area contributed by atoms with E-state index in [4.69, 9.17) is 4.74 Å². The fourth-order valence-electron chi connectivity index (χ4n) is 3.48. The van der Waals surface area contributed by atoms with Crippen molar-refractivity contribution in [2.24, 2.45) is 0 Å². The lowest BCUT2D eigenvalue weighted by molar-refractivity contribution is 0.101. The van der Waals surface area contributed by atoms with Crippen LogP contribution in [0.5, 0.6) is 5.75 Å². The Morgan fingerprint density at radius 3 is 2.26 bits per heavy atom. The zero-order valence-electron chi connectivity index (χ0n) is 18.2. The van der Waals surface area contributed by atoms with E-state index in [9.17, 15) is 9.59 Å². The van der Waals surface area contributed by atoms with Gasteiger partial charge in [0, 0.05) is 27.9 Å². The zero-order chi connectivity index (χ0) is 23.5. The van der Waals surface area contributed by atoms with Gasteiger partial charge in [-0.15, -0.1) is 0 Å². The lowest BCUT2D eigenvalue weighted by atomic mass is 10.1. The van der Waals surface area contributed by atoms with Crippen LogP contribution >= 0.6 is 11.3 Å². The van der Waals surface area contributed by atoms with Crippen molar-refractivity contribution in [3.05, 3.63) is 94.7 Å². The summed E-state index contributed by atoms with van der Waals surface area (Å²) in [7, 11) is 1.59. The number of methoxy groups -OCH3 is 1. The second-order valence-electron chi connectivity index (χ2n) is 7.54. The van der Waals surface area contributed by atoms with Crippen molar-refractivity contribution in [1.29, 1.82) is 0 Å². The molecule has 0 unspecified atom stereocenters. The molecule has 3 aromatic carbocycles. The summed E-state index contributed by atoms with van der Waals surface area (Å²) in [4.78, 5) is 32.7. The largest absolute Gasteiger partial charge is 0.497 e. The molecule has 0 atom stereocenters. The van der Waals surface area contributed by atoms with E-state index in [2.05, 4.69) is 20.6 Å². The van der Waals surface area contributed by atoms with Gasteiger partial charge in [-0.1, -0.05) is 0 Å². The monoisotopic (exact) mass is 468 g/mol. The van der Waals surface area contributed by atoms with Gasteiger partial charge >= 0.3 is 0 Å². The highest BCUT2D eigenvalue weighted by atomic mass is 32.1. The highest BCUT2D eigenvalue weighted by molar-refractivity contribution is 7.08. The molecule has 2 aromatic heterocycles. The van der Waals surface area contributed by atoms with Gasteiger partial charge in [0.25, 0.3) is 11.8 Å². The van der Waals surface area contributed by atoms with Crippen LogP contribution in [-0.2, 0) is 0 Å². The van der Waals surface area contributed by atoms with Crippen molar-refractivity contribution in [2.45, 2.75) is 0 Å². The van der Waals surface area contributed by atoms with Gasteiger partial charge in [-0.05, 0) is 78.2 Å². The van der Waals surface area contributed by atoms with Crippen LogP contribution in [0.1, 0.15) is 20.7 Å². The Bertz CT molecular complexity index is 1460. The second kappa shape index (κ2) is 9.21. The second-order valence-corrected chi connectivity index (χ2v) is 8.32. The van der Waals surface area contributed by atoms with Gasteiger partial charge in [-0.2, -0.15) is 11.3 Å². The molecule has 0 aliphatic heterocycles. The Morgan fingerprint density at radius 2 is 1.56 bits per heavy atom. The number of nitrogens with one attached hydrogen (secondary N) is 3. The number of aromatic amines is 1. The van der Waals surface area contributed by atoms with E-state index in [1.54, 1.807) is 37.4 Å². The number of aromatic nitrogens is 2. The summed E-state index contributed by atoms with van der Waals surface area (Å²) in [5.41, 5.74) is 5.03. The number of rotatable bonds is 6. The summed E-state index contributed by atoms with van der Waals surface area (Å²) in [5.74, 6) is 1.05. The Balaban J connectivity index is 1.29. The number of hydrogen-bond donors (Lipinski definition) is 3. The quantitative estimate of drug-likeness (QED) is 0.293. The van der Waals surface area contributed by atoms with Gasteiger partial charge in [0.15, 0.2) is 0 Å². The number of carbonyl (C=O) groups is 2. The first-order valence-electron chi connectivity index (χ1n) is 10.5. The molecule has 0 fully saturated rings. The minimum atomic E-state index is -0.198. The molecule has 0 saturated heterocycles. The van der Waals surface area contributed by atoms with E-state index in [0.717, 1.165) is 16.6 Å². The Kier molecular flexibility index (Phi) is 5.80. The summed E-state index contributed by atoms with van der Waals surface area (Å²) in [6.45, 7) is 0. The summed E-state index contributed by atoms with van der Waals surface area (Å²) >= 11 is 1.48. The number of hydrogen-bond acceptors (Lipinski definition) is 5. The van der Waals surface area contributed by atoms with Crippen molar-refractivity contribution >= 4 is 45.6 Å². The molecule has 168 valence electrons. The van der Waals surface area contributed by atoms with Gasteiger partial charge in [-0.3, -0.25) is 9.59 Å². The van der Waals surface area contributed by atoms with Crippen LogP contribution in [0.4, 0.5) is 11.4 Å². The lowest BCUT2D eigenvalue weighted by Crippen LogP contribution is -2.11. The van der Waals surface area contributed by atoms with Gasteiger partial charge in [-0.25, -0.2) is 4.98 Å². The SMILES string of the molecule is COc1ccc(C(=O)Nc2ccc(-c3nc4ccc(NC(=O)c5ccsc5)cc4[nH]3)cc2)cc1. The summed E-state index contributed by atoms with van der Waals surface area (Å²) in [6.07, 6.45) is 0. The topological polar surface area (TPSA) is 96.1 Å². The normalized spacial score (nSPS) is 10.7. The molecule has 0 aliphatic rings. The molecule has 0 spiro atoms. The first-order valence-corrected chi connectivity index (χ1v) is 11.4. The van der Waals surface area contributed by atoms with Gasteiger partial charge < -0.3 is 20.4 Å². The number of imidazole rings is 1. The first kappa shape index (κ1) is 21.4. The number of thiophene rings is 1. The highest BCUT2D eigenvalue weighted by Gasteiger charge is 2.11. The molecule has 0 aliphatic carbocycles. The fraction of sp³-hybridized carbons (Fsp3) is 0.0385. The van der Waals surface area contributed by atoms with Gasteiger partial charge in [0.2, 0.25) is 0 Å². The maximum absolute atomic E-state index is 12.5. The Labute approximate surface area is 199 Å². The number of carbonyl (C=O) groups excluding carboxylic acids is 2. The third kappa shape index (κ3) is 4.53. The molecule has 7 nitrogen and oxygen atoms in total. The average Bonchev–Trinajstić information content (AvgIpc) is 3.55. The van der Waals surface area contributed by atoms with Crippen molar-refractivity contribution in [3.63, 3.8) is 0 Å². The number of nitrogens with zero attached hydrogens (tertiary/aromatic N) is 1. The van der Waals surface area contributed by atoms with Crippen LogP contribution < -0.4 is 15.4 Å². The number of ether oxygens (including phenoxy) is 1. The molecular weight excluding hydrogens is 448 g/mol. The third-order valence-electron chi connectivity index (χ3n) is 5.29. The number of H-pyrrole nitrogens is 1. The molecule has 0 bridgehead atoms. The first-order chi connectivity index (χ1) is 16.6. The Morgan fingerprint density at radius 1 is 0.853 bits per heavy atom. The lowest BCUT2D eigenvalue weighted by Gasteiger charge is -2.07. The highest BCUT2D eigenvalue weighted by Crippen LogP contribution is 2.25. The van der Waals surface area contributed by atoms with Crippen molar-refractivity contribution in [2.75, 3.05) is 17.7 Å². The van der Waals surface area contributed by atoms with Crippen LogP contribution in [0, 0.1) is 0 Å². The van der Waals surface area contributed by atoms with Crippen molar-refractivity contribution < 1.29 is 14.3 Å². The predicted octanol–water partition coefficient (Wildman–Crippen LogP) is 5.80. The molecule has 5 rings (SSSR count). The molecular formula is C26H20N4O3S. The molecule has 0 radical (unpaired) electrons. The Hall–Kier alpha value is -4.43. The third-order valence-corrected chi connectivity index (χ3v) is 5.97. The number of amides is 2. The smallest absolute Gasteiger partial charge is 0.256 e. The molecule has 0 saturated carbocycles. The van der Waals surface area contributed by atoms with Crippen LogP contribution in [0.2, 0.25) is 0 Å². The number of benzene rings is 3. The van der Waals surface area contributed by atoms with E-state index in [1.165, 1.54) is 11.3 Å². The van der Waals surface area contributed by atoms with Crippen molar-refractivity contribution in [3.8, 4) is 17.1 Å². The van der Waals surface area contributed by atoms with E-state index < -0.39 is 0 Å². The van der Waals surface area contributed by atoms with Crippen LogP contribution in [-0.4, -0.2) is 28.9 Å². The van der Waals surface area contributed by atoms with Crippen LogP contribution in [0.25, 0.3) is 22.4 Å². The van der Waals surface area contributed by atoms with Crippen molar-refractivity contribution in [1.82, 2.24) is 9.97 Å². The maximum Gasteiger partial charge on any atom is 0.256 e. The summed E-state index contributed by atoms with van der Waals surface area (Å²) in [5, 5.41) is 9.47. The van der Waals surface area contributed by atoms with E-state index >= 15 is 0 Å². The van der Waals surface area contributed by atoms with E-state index in [0.29, 0.717) is 34.1 Å². The van der Waals surface area contributed by atoms with Crippen LogP contribution in [0.3, 0.4) is 0 Å². The maximum atomic E-state index is 12.5. The van der Waals surface area contributed by atoms with Gasteiger partial charge in [0.1, 0.15) is 11.6 Å². The molecule has 2 amide bonds. The minimum Gasteiger partial charge on any atom is -0.497 e. The number of fused-ring (bicyclic) bond motifs is 1. The molecule has 34 heavy (non-hydrogen) atoms. The minimum absolute atomic E-state index is 0.146. The molecule has 3 N–H and O–H groups in total. The van der Waals surface area contributed by atoms with Gasteiger partial charge in [0.05, 0.1) is 23.7 Å². The zero-order valence-corrected chi connectivity index (χ0v) is 19.0. The standard InChI is InChI=1S/C26H20N4O3S/c1-33-21-9-4-17(5-10-21)25(31)27-19-6-2-16(3-7-19)24-29-22-11-8-20(14-23(22)30-24)28-26(32)18-12-13-34-15-18/h2-15H,1H3,(H,27,31)(H,28,32)(H,29,30). The van der Waals surface area contributed by atoms with Crippen LogP contribution in [0.15, 0.2) is 83.6 Å². The number of anilines is 2. The molecule has 5 aromatic rings.